The van der Waals surface area contributed by atoms with Crippen LogP contribution in [0.3, 0.4) is 0 Å². The topological polar surface area (TPSA) is 59.1 Å². The van der Waals surface area contributed by atoms with E-state index in [2.05, 4.69) is 42.6 Å². The van der Waals surface area contributed by atoms with E-state index >= 15 is 0 Å². The van der Waals surface area contributed by atoms with E-state index < -0.39 is 0 Å². The Morgan fingerprint density at radius 3 is 2.95 bits per heavy atom. The van der Waals surface area contributed by atoms with Crippen molar-refractivity contribution in [1.82, 2.24) is 9.97 Å². The lowest BCUT2D eigenvalue weighted by Gasteiger charge is -2.15. The minimum Gasteiger partial charge on any atom is -0.491 e. The number of halogens is 1. The van der Waals surface area contributed by atoms with Crippen LogP contribution in [0.25, 0.3) is 0 Å². The van der Waals surface area contributed by atoms with Gasteiger partial charge in [0.15, 0.2) is 0 Å². The summed E-state index contributed by atoms with van der Waals surface area (Å²) in [5, 5.41) is 6.59. The van der Waals surface area contributed by atoms with Gasteiger partial charge in [0.2, 0.25) is 0 Å². The number of para-hydroxylation sites is 1. The van der Waals surface area contributed by atoms with Gasteiger partial charge in [-0.05, 0) is 28.9 Å². The minimum atomic E-state index is 0.104. The molecule has 5 nitrogen and oxygen atoms in total. The van der Waals surface area contributed by atoms with Crippen LogP contribution in [0.5, 0.6) is 5.75 Å². The van der Waals surface area contributed by atoms with Crippen molar-refractivity contribution in [1.29, 1.82) is 0 Å². The smallest absolute Gasteiger partial charge is 0.146 e. The minimum absolute atomic E-state index is 0.104. The van der Waals surface area contributed by atoms with E-state index in [1.807, 2.05) is 25.1 Å². The van der Waals surface area contributed by atoms with Crippen molar-refractivity contribution in [3.63, 3.8) is 0 Å². The van der Waals surface area contributed by atoms with Crippen LogP contribution < -0.4 is 15.4 Å². The number of hydrogen-bond donors (Lipinski definition) is 2. The van der Waals surface area contributed by atoms with E-state index in [0.717, 1.165) is 34.0 Å². The zero-order valence-corrected chi connectivity index (χ0v) is 12.6. The van der Waals surface area contributed by atoms with Gasteiger partial charge in [0.25, 0.3) is 0 Å². The van der Waals surface area contributed by atoms with Crippen LogP contribution in [0.4, 0.5) is 11.6 Å². The third-order valence-electron chi connectivity index (χ3n) is 3.14. The Kier molecular flexibility index (Phi) is 3.73. The Bertz CT molecular complexity index is 620. The van der Waals surface area contributed by atoms with Crippen molar-refractivity contribution in [2.45, 2.75) is 13.0 Å². The van der Waals surface area contributed by atoms with Gasteiger partial charge in [-0.25, -0.2) is 9.97 Å². The summed E-state index contributed by atoms with van der Waals surface area (Å²) in [6, 6.07) is 8.15. The highest BCUT2D eigenvalue weighted by molar-refractivity contribution is 9.10. The van der Waals surface area contributed by atoms with Crippen LogP contribution in [0, 0.1) is 0 Å². The Morgan fingerprint density at radius 1 is 1.30 bits per heavy atom. The number of aromatic nitrogens is 2. The Labute approximate surface area is 125 Å². The van der Waals surface area contributed by atoms with E-state index in [9.17, 15) is 0 Å². The molecule has 1 aromatic heterocycles. The summed E-state index contributed by atoms with van der Waals surface area (Å²) in [5.41, 5.74) is 1.16. The molecule has 1 aromatic carbocycles. The van der Waals surface area contributed by atoms with E-state index in [0.29, 0.717) is 6.61 Å². The van der Waals surface area contributed by atoms with Gasteiger partial charge in [0.1, 0.15) is 34.8 Å². The highest BCUT2D eigenvalue weighted by Crippen LogP contribution is 2.36. The van der Waals surface area contributed by atoms with Gasteiger partial charge in [0.05, 0.1) is 6.04 Å². The van der Waals surface area contributed by atoms with Crippen LogP contribution in [0.2, 0.25) is 0 Å². The average molecular weight is 335 g/mol. The fourth-order valence-corrected chi connectivity index (χ4v) is 2.67. The molecule has 0 spiro atoms. The summed E-state index contributed by atoms with van der Waals surface area (Å²) in [6.07, 6.45) is 1.55. The molecular formula is C14H15BrN4O. The van der Waals surface area contributed by atoms with Crippen LogP contribution in [0.1, 0.15) is 18.5 Å². The second kappa shape index (κ2) is 5.66. The molecule has 0 bridgehead atoms. The van der Waals surface area contributed by atoms with Crippen molar-refractivity contribution >= 4 is 27.6 Å². The van der Waals surface area contributed by atoms with E-state index in [1.165, 1.54) is 0 Å². The molecule has 104 valence electrons. The molecular weight excluding hydrogens is 320 g/mol. The summed E-state index contributed by atoms with van der Waals surface area (Å²) in [6.45, 7) is 3.44. The number of ether oxygens (including phenoxy) is 1. The van der Waals surface area contributed by atoms with Gasteiger partial charge in [0, 0.05) is 12.1 Å². The number of nitrogens with one attached hydrogen (secondary N) is 2. The van der Waals surface area contributed by atoms with Crippen LogP contribution >= 0.6 is 15.9 Å². The maximum Gasteiger partial charge on any atom is 0.146 e. The molecule has 0 aliphatic carbocycles. The van der Waals surface area contributed by atoms with Gasteiger partial charge in [-0.15, -0.1) is 0 Å². The van der Waals surface area contributed by atoms with E-state index in [4.69, 9.17) is 4.74 Å². The monoisotopic (exact) mass is 334 g/mol. The van der Waals surface area contributed by atoms with Gasteiger partial charge >= 0.3 is 0 Å². The van der Waals surface area contributed by atoms with Crippen molar-refractivity contribution < 1.29 is 4.74 Å². The van der Waals surface area contributed by atoms with Crippen molar-refractivity contribution in [3.8, 4) is 5.75 Å². The molecule has 0 radical (unpaired) electrons. The van der Waals surface area contributed by atoms with Crippen molar-refractivity contribution in [3.05, 3.63) is 40.6 Å². The van der Waals surface area contributed by atoms with Gasteiger partial charge in [-0.1, -0.05) is 18.2 Å². The molecule has 0 saturated carbocycles. The summed E-state index contributed by atoms with van der Waals surface area (Å²) in [5.74, 6) is 2.49. The Balaban J connectivity index is 1.84. The number of fused-ring (bicyclic) bond motifs is 1. The fraction of sp³-hybridized carbons (Fsp3) is 0.286. The third kappa shape index (κ3) is 2.43. The van der Waals surface area contributed by atoms with Crippen molar-refractivity contribution in [2.24, 2.45) is 0 Å². The first-order valence-corrected chi connectivity index (χ1v) is 7.31. The zero-order valence-electron chi connectivity index (χ0n) is 11.1. The van der Waals surface area contributed by atoms with E-state index in [1.54, 1.807) is 6.33 Å². The molecule has 1 aliphatic heterocycles. The predicted octanol–water partition coefficient (Wildman–Crippen LogP) is 3.22. The normalized spacial score (nSPS) is 16.4. The number of rotatable bonds is 4. The number of anilines is 2. The SMILES string of the molecule is CCNc1ncnc(NC2COc3ccccc32)c1Br. The lowest BCUT2D eigenvalue weighted by Crippen LogP contribution is -2.14. The van der Waals surface area contributed by atoms with Gasteiger partial charge in [-0.2, -0.15) is 0 Å². The maximum absolute atomic E-state index is 5.66. The molecule has 0 fully saturated rings. The van der Waals surface area contributed by atoms with Crippen LogP contribution in [-0.4, -0.2) is 23.1 Å². The summed E-state index contributed by atoms with van der Waals surface area (Å²) >= 11 is 3.54. The summed E-state index contributed by atoms with van der Waals surface area (Å²) in [4.78, 5) is 8.50. The second-order valence-electron chi connectivity index (χ2n) is 4.46. The molecule has 6 heteroatoms. The van der Waals surface area contributed by atoms with Crippen LogP contribution in [-0.2, 0) is 0 Å². The zero-order chi connectivity index (χ0) is 13.9. The first kappa shape index (κ1) is 13.2. The quantitative estimate of drug-likeness (QED) is 0.898. The molecule has 0 amide bonds. The molecule has 1 unspecified atom stereocenters. The largest absolute Gasteiger partial charge is 0.491 e. The second-order valence-corrected chi connectivity index (χ2v) is 5.25. The Hall–Kier alpha value is -1.82. The van der Waals surface area contributed by atoms with Crippen molar-refractivity contribution in [2.75, 3.05) is 23.8 Å². The highest BCUT2D eigenvalue weighted by Gasteiger charge is 2.24. The maximum atomic E-state index is 5.66. The molecule has 0 saturated heterocycles. The first-order chi connectivity index (χ1) is 9.79. The molecule has 1 atom stereocenters. The molecule has 1 aliphatic rings. The lowest BCUT2D eigenvalue weighted by atomic mass is 10.1. The molecule has 20 heavy (non-hydrogen) atoms. The molecule has 2 aromatic rings. The average Bonchev–Trinajstić information content (AvgIpc) is 2.87. The summed E-state index contributed by atoms with van der Waals surface area (Å²) < 4.78 is 6.50. The van der Waals surface area contributed by atoms with Gasteiger partial charge < -0.3 is 15.4 Å². The standard InChI is InChI=1S/C14H15BrN4O/c1-2-16-13-12(15)14(18-8-17-13)19-10-7-20-11-6-4-3-5-9(10)11/h3-6,8,10H,2,7H2,1H3,(H2,16,17,18,19). The third-order valence-corrected chi connectivity index (χ3v) is 3.90. The Morgan fingerprint density at radius 2 is 2.10 bits per heavy atom. The number of nitrogens with zero attached hydrogens (tertiary/aromatic N) is 2. The number of hydrogen-bond acceptors (Lipinski definition) is 5. The summed E-state index contributed by atoms with van der Waals surface area (Å²) in [7, 11) is 0. The molecule has 2 heterocycles. The first-order valence-electron chi connectivity index (χ1n) is 6.52. The molecule has 3 rings (SSSR count). The van der Waals surface area contributed by atoms with E-state index in [-0.39, 0.29) is 6.04 Å². The molecule has 2 N–H and O–H groups in total. The lowest BCUT2D eigenvalue weighted by molar-refractivity contribution is 0.339. The predicted molar refractivity (Wildman–Crippen MR) is 82.2 cm³/mol. The number of benzene rings is 1. The highest BCUT2D eigenvalue weighted by atomic mass is 79.9. The van der Waals surface area contributed by atoms with Gasteiger partial charge in [-0.3, -0.25) is 0 Å². The fourth-order valence-electron chi connectivity index (χ4n) is 2.21. The van der Waals surface area contributed by atoms with Crippen LogP contribution in [0.15, 0.2) is 35.1 Å².